The molecule has 0 fully saturated rings. The molecule has 0 atom stereocenters. The van der Waals surface area contributed by atoms with Crippen molar-refractivity contribution in [1.82, 2.24) is 0 Å². The van der Waals surface area contributed by atoms with Gasteiger partial charge in [-0.2, -0.15) is 0 Å². The maximum atomic E-state index is 13.5. The number of esters is 1. The fourth-order valence-corrected chi connectivity index (χ4v) is 6.12. The molecule has 0 radical (unpaired) electrons. The van der Waals surface area contributed by atoms with Crippen molar-refractivity contribution in [1.29, 1.82) is 0 Å². The Kier molecular flexibility index (Phi) is 8.83. The van der Waals surface area contributed by atoms with Gasteiger partial charge in [0.1, 0.15) is 9.77 Å². The third-order valence-electron chi connectivity index (χ3n) is 4.94. The molecule has 0 aliphatic rings. The smallest absolute Gasteiger partial charge is 0.337 e. The number of anilines is 2. The van der Waals surface area contributed by atoms with Crippen molar-refractivity contribution in [2.45, 2.75) is 18.7 Å². The second kappa shape index (κ2) is 11.6. The zero-order valence-electron chi connectivity index (χ0n) is 20.0. The number of ether oxygens (including phenoxy) is 3. The number of thiophene rings is 1. The van der Waals surface area contributed by atoms with Crippen LogP contribution in [0.1, 0.15) is 33.9 Å². The fourth-order valence-electron chi connectivity index (χ4n) is 3.25. The van der Waals surface area contributed by atoms with Crippen LogP contribution in [0, 0.1) is 0 Å². The molecule has 0 aliphatic carbocycles. The molecule has 1 N–H and O–H groups in total. The van der Waals surface area contributed by atoms with Gasteiger partial charge >= 0.3 is 5.97 Å². The van der Waals surface area contributed by atoms with E-state index in [1.165, 1.54) is 32.4 Å². The van der Waals surface area contributed by atoms with E-state index in [4.69, 9.17) is 25.8 Å². The van der Waals surface area contributed by atoms with Crippen molar-refractivity contribution in [2.75, 3.05) is 37.0 Å². The van der Waals surface area contributed by atoms with E-state index in [0.717, 1.165) is 15.6 Å². The number of hydrogen-bond acceptors (Lipinski definition) is 8. The molecule has 0 saturated heterocycles. The first-order chi connectivity index (χ1) is 17.1. The Hall–Kier alpha value is -3.28. The van der Waals surface area contributed by atoms with E-state index >= 15 is 0 Å². The lowest BCUT2D eigenvalue weighted by atomic mass is 10.2. The summed E-state index contributed by atoms with van der Waals surface area (Å²) < 4.78 is 44.1. The Morgan fingerprint density at radius 3 is 2.39 bits per heavy atom. The van der Waals surface area contributed by atoms with Gasteiger partial charge in [0.25, 0.3) is 15.9 Å². The fraction of sp³-hybridized carbons (Fsp3) is 0.250. The summed E-state index contributed by atoms with van der Waals surface area (Å²) in [6.07, 6.45) is 0. The Balaban J connectivity index is 1.94. The number of carbonyl (C=O) groups is 2. The highest BCUT2D eigenvalue weighted by molar-refractivity contribution is 7.93. The van der Waals surface area contributed by atoms with Crippen LogP contribution in [-0.4, -0.2) is 47.7 Å². The molecule has 12 heteroatoms. The van der Waals surface area contributed by atoms with Crippen molar-refractivity contribution in [3.63, 3.8) is 0 Å². The van der Waals surface area contributed by atoms with Gasteiger partial charge in [0.15, 0.2) is 11.5 Å². The standard InChI is InChI=1S/C24H25ClN2O7S2/c1-5-33-18-11-10-17(13-19(18)34-6-2)27(3)36(30,31)20-14-21(25)35-22(20)23(28)26-16-9-7-8-15(12-16)24(29)32-4/h7-14H,5-6H2,1-4H3,(H,26,28). The zero-order chi connectivity index (χ0) is 26.5. The third kappa shape index (κ3) is 5.92. The molecule has 0 spiro atoms. The average Bonchev–Trinajstić information content (AvgIpc) is 3.27. The quantitative estimate of drug-likeness (QED) is 0.350. The predicted molar refractivity (Wildman–Crippen MR) is 139 cm³/mol. The van der Waals surface area contributed by atoms with Crippen molar-refractivity contribution in [3.8, 4) is 11.5 Å². The Bertz CT molecular complexity index is 1370. The van der Waals surface area contributed by atoms with E-state index in [1.807, 2.05) is 13.8 Å². The zero-order valence-corrected chi connectivity index (χ0v) is 22.4. The molecule has 3 rings (SSSR count). The van der Waals surface area contributed by atoms with Crippen LogP contribution in [0.2, 0.25) is 4.34 Å². The molecule has 1 aromatic heterocycles. The van der Waals surface area contributed by atoms with Gasteiger partial charge in [-0.3, -0.25) is 9.10 Å². The molecular weight excluding hydrogens is 528 g/mol. The SMILES string of the molecule is CCOc1ccc(N(C)S(=O)(=O)c2cc(Cl)sc2C(=O)Nc2cccc(C(=O)OC)c2)cc1OCC. The van der Waals surface area contributed by atoms with Gasteiger partial charge in [0.05, 0.1) is 35.9 Å². The summed E-state index contributed by atoms with van der Waals surface area (Å²) in [5, 5.41) is 2.62. The van der Waals surface area contributed by atoms with Crippen LogP contribution in [0.25, 0.3) is 0 Å². The monoisotopic (exact) mass is 552 g/mol. The van der Waals surface area contributed by atoms with E-state index in [-0.39, 0.29) is 25.4 Å². The molecule has 36 heavy (non-hydrogen) atoms. The first-order valence-corrected chi connectivity index (χ1v) is 13.4. The van der Waals surface area contributed by atoms with E-state index in [1.54, 1.807) is 30.3 Å². The predicted octanol–water partition coefficient (Wildman–Crippen LogP) is 5.06. The summed E-state index contributed by atoms with van der Waals surface area (Å²) in [5.74, 6) is -0.382. The van der Waals surface area contributed by atoms with Crippen LogP contribution in [-0.2, 0) is 14.8 Å². The maximum Gasteiger partial charge on any atom is 0.337 e. The summed E-state index contributed by atoms with van der Waals surface area (Å²) in [4.78, 5) is 24.5. The molecule has 0 bridgehead atoms. The maximum absolute atomic E-state index is 13.5. The highest BCUT2D eigenvalue weighted by atomic mass is 35.5. The molecule has 0 aliphatic heterocycles. The summed E-state index contributed by atoms with van der Waals surface area (Å²) in [5.41, 5.74) is 0.825. The van der Waals surface area contributed by atoms with Gasteiger partial charge in [-0.15, -0.1) is 11.3 Å². The van der Waals surface area contributed by atoms with Gasteiger partial charge in [0, 0.05) is 18.8 Å². The van der Waals surface area contributed by atoms with Gasteiger partial charge in [-0.25, -0.2) is 13.2 Å². The molecule has 3 aromatic rings. The van der Waals surface area contributed by atoms with Crippen LogP contribution < -0.4 is 19.1 Å². The first kappa shape index (κ1) is 27.3. The van der Waals surface area contributed by atoms with Crippen LogP contribution >= 0.6 is 22.9 Å². The number of sulfonamides is 1. The second-order valence-electron chi connectivity index (χ2n) is 7.24. The van der Waals surface area contributed by atoms with E-state index in [2.05, 4.69) is 5.32 Å². The lowest BCUT2D eigenvalue weighted by Crippen LogP contribution is -2.28. The van der Waals surface area contributed by atoms with Gasteiger partial charge < -0.3 is 19.5 Å². The number of hydrogen-bond donors (Lipinski definition) is 1. The number of amides is 1. The van der Waals surface area contributed by atoms with Gasteiger partial charge in [0.2, 0.25) is 0 Å². The number of carbonyl (C=O) groups excluding carboxylic acids is 2. The Morgan fingerprint density at radius 2 is 1.72 bits per heavy atom. The number of benzene rings is 2. The molecule has 1 heterocycles. The first-order valence-electron chi connectivity index (χ1n) is 10.8. The molecule has 192 valence electrons. The molecule has 0 unspecified atom stereocenters. The van der Waals surface area contributed by atoms with Crippen LogP contribution in [0.15, 0.2) is 53.4 Å². The minimum Gasteiger partial charge on any atom is -0.490 e. The number of rotatable bonds is 10. The summed E-state index contributed by atoms with van der Waals surface area (Å²) in [7, 11) is -1.58. The number of methoxy groups -OCH3 is 1. The lowest BCUT2D eigenvalue weighted by Gasteiger charge is -2.21. The number of halogens is 1. The van der Waals surface area contributed by atoms with Crippen LogP contribution in [0.3, 0.4) is 0 Å². The van der Waals surface area contributed by atoms with Crippen molar-refractivity contribution in [3.05, 3.63) is 63.3 Å². The van der Waals surface area contributed by atoms with E-state index in [9.17, 15) is 18.0 Å². The van der Waals surface area contributed by atoms with Crippen molar-refractivity contribution in [2.24, 2.45) is 0 Å². The van der Waals surface area contributed by atoms with Crippen LogP contribution in [0.4, 0.5) is 11.4 Å². The minimum absolute atomic E-state index is 0.105. The van der Waals surface area contributed by atoms with E-state index in [0.29, 0.717) is 30.4 Å². The summed E-state index contributed by atoms with van der Waals surface area (Å²) >= 11 is 6.96. The molecular formula is C24H25ClN2O7S2. The molecule has 1 amide bonds. The second-order valence-corrected chi connectivity index (χ2v) is 10.9. The van der Waals surface area contributed by atoms with Crippen LogP contribution in [0.5, 0.6) is 11.5 Å². The van der Waals surface area contributed by atoms with Crippen molar-refractivity contribution < 1.29 is 32.2 Å². The highest BCUT2D eigenvalue weighted by Gasteiger charge is 2.30. The average molecular weight is 553 g/mol. The molecule has 9 nitrogen and oxygen atoms in total. The topological polar surface area (TPSA) is 111 Å². The molecule has 2 aromatic carbocycles. The Morgan fingerprint density at radius 1 is 1.03 bits per heavy atom. The minimum atomic E-state index is -4.19. The normalized spacial score (nSPS) is 11.0. The number of nitrogens with zero attached hydrogens (tertiary/aromatic N) is 1. The molecule has 0 saturated carbocycles. The summed E-state index contributed by atoms with van der Waals surface area (Å²) in [6.45, 7) is 4.42. The number of nitrogens with one attached hydrogen (secondary N) is 1. The van der Waals surface area contributed by atoms with Gasteiger partial charge in [-0.05, 0) is 50.2 Å². The van der Waals surface area contributed by atoms with E-state index < -0.39 is 21.9 Å². The largest absolute Gasteiger partial charge is 0.490 e. The van der Waals surface area contributed by atoms with Gasteiger partial charge in [-0.1, -0.05) is 17.7 Å². The summed E-state index contributed by atoms with van der Waals surface area (Å²) in [6, 6.07) is 12.1. The third-order valence-corrected chi connectivity index (χ3v) is 8.15. The highest BCUT2D eigenvalue weighted by Crippen LogP contribution is 2.37. The lowest BCUT2D eigenvalue weighted by molar-refractivity contribution is 0.0600. The van der Waals surface area contributed by atoms with Crippen molar-refractivity contribution >= 4 is 56.2 Å². The Labute approximate surface area is 218 Å².